The van der Waals surface area contributed by atoms with Crippen LogP contribution in [0, 0.1) is 0 Å². The number of nitrogens with zero attached hydrogens (tertiary/aromatic N) is 3. The van der Waals surface area contributed by atoms with Crippen LogP contribution in [0.5, 0.6) is 11.5 Å². The molecule has 1 saturated carbocycles. The lowest BCUT2D eigenvalue weighted by atomic mass is 10.1. The van der Waals surface area contributed by atoms with Gasteiger partial charge >= 0.3 is 0 Å². The Labute approximate surface area is 159 Å². The van der Waals surface area contributed by atoms with Crippen molar-refractivity contribution in [2.45, 2.75) is 18.9 Å². The second-order valence-corrected chi connectivity index (χ2v) is 7.41. The minimum Gasteiger partial charge on any atom is -0.453 e. The zero-order valence-electron chi connectivity index (χ0n) is 14.0. The van der Waals surface area contributed by atoms with Crippen molar-refractivity contribution >= 4 is 26.8 Å². The molecule has 4 nitrogen and oxygen atoms in total. The highest BCUT2D eigenvalue weighted by atomic mass is 79.9. The van der Waals surface area contributed by atoms with E-state index < -0.39 is 0 Å². The Morgan fingerprint density at radius 1 is 1.00 bits per heavy atom. The van der Waals surface area contributed by atoms with Crippen molar-refractivity contribution in [1.29, 1.82) is 0 Å². The lowest BCUT2D eigenvalue weighted by Gasteiger charge is -2.08. The Morgan fingerprint density at radius 2 is 1.85 bits per heavy atom. The van der Waals surface area contributed by atoms with Crippen LogP contribution < -0.4 is 4.74 Å². The molecule has 0 spiro atoms. The van der Waals surface area contributed by atoms with E-state index in [1.165, 1.54) is 12.8 Å². The molecule has 0 bridgehead atoms. The van der Waals surface area contributed by atoms with Crippen molar-refractivity contribution in [3.63, 3.8) is 0 Å². The number of benzene rings is 2. The fraction of sp³-hybridized carbons (Fsp3) is 0.143. The fourth-order valence-electron chi connectivity index (χ4n) is 3.07. The van der Waals surface area contributed by atoms with Crippen molar-refractivity contribution in [2.75, 3.05) is 0 Å². The van der Waals surface area contributed by atoms with Crippen LogP contribution in [-0.2, 0) is 0 Å². The van der Waals surface area contributed by atoms with E-state index in [4.69, 9.17) is 9.84 Å². The van der Waals surface area contributed by atoms with Crippen LogP contribution in [0.4, 0.5) is 0 Å². The van der Waals surface area contributed by atoms with E-state index in [1.807, 2.05) is 53.3 Å². The molecule has 0 radical (unpaired) electrons. The summed E-state index contributed by atoms with van der Waals surface area (Å²) in [6.07, 6.45) is 6.16. The van der Waals surface area contributed by atoms with Gasteiger partial charge in [0.2, 0.25) is 0 Å². The first-order chi connectivity index (χ1) is 12.8. The fourth-order valence-corrected chi connectivity index (χ4v) is 3.42. The topological polar surface area (TPSA) is 39.9 Å². The first-order valence-electron chi connectivity index (χ1n) is 8.64. The minimum atomic E-state index is 0.500. The number of hydrogen-bond acceptors (Lipinski definition) is 3. The molecule has 0 saturated heterocycles. The predicted molar refractivity (Wildman–Crippen MR) is 105 cm³/mol. The Morgan fingerprint density at radius 3 is 2.65 bits per heavy atom. The second kappa shape index (κ2) is 6.25. The summed E-state index contributed by atoms with van der Waals surface area (Å²) in [6.45, 7) is 0. The lowest BCUT2D eigenvalue weighted by molar-refractivity contribution is 0.487. The van der Waals surface area contributed by atoms with Crippen LogP contribution in [0.2, 0.25) is 0 Å². The second-order valence-electron chi connectivity index (χ2n) is 6.49. The molecule has 128 valence electrons. The molecule has 26 heavy (non-hydrogen) atoms. The summed E-state index contributed by atoms with van der Waals surface area (Å²) in [5.41, 5.74) is 2.83. The third-order valence-electron chi connectivity index (χ3n) is 4.55. The van der Waals surface area contributed by atoms with Crippen molar-refractivity contribution in [3.8, 4) is 22.8 Å². The third-order valence-corrected chi connectivity index (χ3v) is 5.04. The normalized spacial score (nSPS) is 13.9. The van der Waals surface area contributed by atoms with E-state index in [9.17, 15) is 0 Å². The van der Waals surface area contributed by atoms with Crippen molar-refractivity contribution in [1.82, 2.24) is 14.8 Å². The summed E-state index contributed by atoms with van der Waals surface area (Å²) in [4.78, 5) is 4.44. The molecule has 0 N–H and O–H groups in total. The zero-order valence-corrected chi connectivity index (χ0v) is 15.6. The summed E-state index contributed by atoms with van der Waals surface area (Å²) >= 11 is 3.50. The molecule has 0 aliphatic heterocycles. The zero-order chi connectivity index (χ0) is 17.5. The monoisotopic (exact) mass is 405 g/mol. The Bertz CT molecular complexity index is 1090. The molecule has 0 unspecified atom stereocenters. The van der Waals surface area contributed by atoms with Gasteiger partial charge < -0.3 is 4.74 Å². The quantitative estimate of drug-likeness (QED) is 0.418. The first kappa shape index (κ1) is 15.6. The van der Waals surface area contributed by atoms with E-state index >= 15 is 0 Å². The van der Waals surface area contributed by atoms with Gasteiger partial charge in [-0.3, -0.25) is 9.67 Å². The highest BCUT2D eigenvalue weighted by molar-refractivity contribution is 9.10. The van der Waals surface area contributed by atoms with Crippen molar-refractivity contribution in [3.05, 3.63) is 71.5 Å². The average Bonchev–Trinajstić information content (AvgIpc) is 3.43. The molecular formula is C21H16BrN3O. The van der Waals surface area contributed by atoms with E-state index in [2.05, 4.69) is 33.0 Å². The van der Waals surface area contributed by atoms with Gasteiger partial charge in [0, 0.05) is 21.6 Å². The van der Waals surface area contributed by atoms with Crippen LogP contribution in [-0.4, -0.2) is 14.8 Å². The minimum absolute atomic E-state index is 0.500. The molecular weight excluding hydrogens is 390 g/mol. The number of fused-ring (bicyclic) bond motifs is 1. The van der Waals surface area contributed by atoms with Crippen LogP contribution in [0.1, 0.15) is 18.9 Å². The van der Waals surface area contributed by atoms with Gasteiger partial charge in [0.25, 0.3) is 0 Å². The smallest absolute Gasteiger partial charge is 0.173 e. The molecule has 4 aromatic rings. The molecule has 5 rings (SSSR count). The number of halogens is 1. The van der Waals surface area contributed by atoms with E-state index in [0.29, 0.717) is 6.04 Å². The van der Waals surface area contributed by atoms with Crippen molar-refractivity contribution in [2.24, 2.45) is 0 Å². The number of hydrogen-bond donors (Lipinski definition) is 0. The largest absolute Gasteiger partial charge is 0.453 e. The third kappa shape index (κ3) is 2.88. The maximum atomic E-state index is 6.34. The maximum absolute atomic E-state index is 6.34. The van der Waals surface area contributed by atoms with Gasteiger partial charge in [-0.2, -0.15) is 5.10 Å². The van der Waals surface area contributed by atoms with Crippen LogP contribution in [0.3, 0.4) is 0 Å². The Hall–Kier alpha value is -2.66. The summed E-state index contributed by atoms with van der Waals surface area (Å²) in [7, 11) is 0. The van der Waals surface area contributed by atoms with Gasteiger partial charge in [0.1, 0.15) is 11.4 Å². The lowest BCUT2D eigenvalue weighted by Crippen LogP contribution is -1.93. The molecule has 2 heterocycles. The average molecular weight is 406 g/mol. The molecule has 1 aliphatic rings. The highest BCUT2D eigenvalue weighted by Crippen LogP contribution is 2.40. The maximum Gasteiger partial charge on any atom is 0.173 e. The molecule has 2 aromatic carbocycles. The van der Waals surface area contributed by atoms with Crippen molar-refractivity contribution < 1.29 is 4.74 Å². The van der Waals surface area contributed by atoms with E-state index in [0.717, 1.165) is 38.1 Å². The molecule has 5 heteroatoms. The molecule has 0 amide bonds. The highest BCUT2D eigenvalue weighted by Gasteiger charge is 2.27. The SMILES string of the molecule is Brc1ccc2c(Oc3cn(C4CC4)nc3-c3ccccc3)ccnc2c1. The van der Waals surface area contributed by atoms with Gasteiger partial charge in [-0.05, 0) is 37.1 Å². The number of pyridine rings is 1. The van der Waals surface area contributed by atoms with Gasteiger partial charge in [-0.15, -0.1) is 0 Å². The summed E-state index contributed by atoms with van der Waals surface area (Å²) in [5, 5.41) is 5.78. The number of aromatic nitrogens is 3. The molecule has 1 aliphatic carbocycles. The predicted octanol–water partition coefficient (Wildman–Crippen LogP) is 5.99. The summed E-state index contributed by atoms with van der Waals surface area (Å²) in [5.74, 6) is 1.56. The number of ether oxygens (including phenoxy) is 1. The van der Waals surface area contributed by atoms with E-state index in [1.54, 1.807) is 6.20 Å². The van der Waals surface area contributed by atoms with Crippen LogP contribution >= 0.6 is 15.9 Å². The summed E-state index contributed by atoms with van der Waals surface area (Å²) < 4.78 is 9.38. The van der Waals surface area contributed by atoms with E-state index in [-0.39, 0.29) is 0 Å². The van der Waals surface area contributed by atoms with Gasteiger partial charge in [0.15, 0.2) is 5.75 Å². The summed E-state index contributed by atoms with van der Waals surface area (Å²) in [6, 6.07) is 18.6. The first-order valence-corrected chi connectivity index (χ1v) is 9.44. The Balaban J connectivity index is 1.60. The molecule has 2 aromatic heterocycles. The Kier molecular flexibility index (Phi) is 3.75. The number of rotatable bonds is 4. The van der Waals surface area contributed by atoms with Crippen LogP contribution in [0.25, 0.3) is 22.2 Å². The van der Waals surface area contributed by atoms with Gasteiger partial charge in [0.05, 0.1) is 17.8 Å². The van der Waals surface area contributed by atoms with Crippen LogP contribution in [0.15, 0.2) is 71.5 Å². The standard InChI is InChI=1S/C21H16BrN3O/c22-15-6-9-17-18(12-15)23-11-10-19(17)26-20-13-25(16-7-8-16)24-21(20)14-4-2-1-3-5-14/h1-6,9-13,16H,7-8H2. The van der Waals surface area contributed by atoms with Gasteiger partial charge in [-0.25, -0.2) is 0 Å². The molecule has 0 atom stereocenters. The molecule has 1 fully saturated rings. The van der Waals surface area contributed by atoms with Gasteiger partial charge in [-0.1, -0.05) is 46.3 Å².